The van der Waals surface area contributed by atoms with Crippen molar-refractivity contribution in [1.82, 2.24) is 9.38 Å². The molecule has 0 aliphatic rings. The maximum atomic E-state index is 10.6. The van der Waals surface area contributed by atoms with Crippen molar-refractivity contribution in [1.29, 1.82) is 0 Å². The first-order valence-electron chi connectivity index (χ1n) is 4.92. The molecular formula is C11H12ClN3O. The van der Waals surface area contributed by atoms with Gasteiger partial charge in [0.05, 0.1) is 5.69 Å². The SMILES string of the molecule is CN(C)c1cccc2nc(Cl)c(CC=O)n12. The lowest BCUT2D eigenvalue weighted by atomic mass is 10.3. The number of carbonyl (C=O) groups excluding carboxylic acids is 1. The normalized spacial score (nSPS) is 10.7. The fourth-order valence-corrected chi connectivity index (χ4v) is 1.96. The summed E-state index contributed by atoms with van der Waals surface area (Å²) >= 11 is 6.01. The van der Waals surface area contributed by atoms with Gasteiger partial charge in [0.1, 0.15) is 17.8 Å². The Morgan fingerprint density at radius 2 is 2.25 bits per heavy atom. The molecular weight excluding hydrogens is 226 g/mol. The number of aromatic nitrogens is 2. The summed E-state index contributed by atoms with van der Waals surface area (Å²) in [6, 6.07) is 5.74. The number of rotatable bonds is 3. The molecule has 0 spiro atoms. The van der Waals surface area contributed by atoms with Crippen LogP contribution in [0.3, 0.4) is 0 Å². The van der Waals surface area contributed by atoms with Crippen molar-refractivity contribution < 1.29 is 4.79 Å². The lowest BCUT2D eigenvalue weighted by Crippen LogP contribution is -2.14. The van der Waals surface area contributed by atoms with Crippen LogP contribution in [0, 0.1) is 0 Å². The van der Waals surface area contributed by atoms with Gasteiger partial charge in [-0.05, 0) is 12.1 Å². The quantitative estimate of drug-likeness (QED) is 0.764. The standard InChI is InChI=1S/C11H12ClN3O/c1-14(2)10-5-3-4-9-13-11(12)8(6-7-16)15(9)10/h3-5,7H,6H2,1-2H3. The molecule has 0 unspecified atom stereocenters. The van der Waals surface area contributed by atoms with Gasteiger partial charge in [-0.1, -0.05) is 17.7 Å². The zero-order valence-electron chi connectivity index (χ0n) is 9.14. The number of anilines is 1. The third-order valence-electron chi connectivity index (χ3n) is 2.40. The van der Waals surface area contributed by atoms with Crippen LogP contribution < -0.4 is 4.90 Å². The monoisotopic (exact) mass is 237 g/mol. The largest absolute Gasteiger partial charge is 0.364 e. The van der Waals surface area contributed by atoms with Crippen molar-refractivity contribution >= 4 is 29.4 Å². The van der Waals surface area contributed by atoms with Crippen LogP contribution in [0.25, 0.3) is 5.65 Å². The summed E-state index contributed by atoms with van der Waals surface area (Å²) in [5.74, 6) is 0.953. The minimum Gasteiger partial charge on any atom is -0.364 e. The molecule has 0 aliphatic heterocycles. The van der Waals surface area contributed by atoms with Gasteiger partial charge in [0.15, 0.2) is 5.15 Å². The van der Waals surface area contributed by atoms with Crippen molar-refractivity contribution in [3.8, 4) is 0 Å². The first kappa shape index (κ1) is 11.0. The molecule has 0 fully saturated rings. The fraction of sp³-hybridized carbons (Fsp3) is 0.273. The lowest BCUT2D eigenvalue weighted by molar-refractivity contribution is -0.107. The molecule has 0 saturated carbocycles. The second kappa shape index (κ2) is 4.14. The van der Waals surface area contributed by atoms with Crippen molar-refractivity contribution in [2.45, 2.75) is 6.42 Å². The van der Waals surface area contributed by atoms with E-state index in [4.69, 9.17) is 11.6 Å². The maximum Gasteiger partial charge on any atom is 0.151 e. The highest BCUT2D eigenvalue weighted by Crippen LogP contribution is 2.23. The van der Waals surface area contributed by atoms with Crippen LogP contribution in [0.5, 0.6) is 0 Å². The summed E-state index contributed by atoms with van der Waals surface area (Å²) < 4.78 is 1.90. The number of hydrogen-bond acceptors (Lipinski definition) is 3. The van der Waals surface area contributed by atoms with Crippen LogP contribution in [0.4, 0.5) is 5.82 Å². The summed E-state index contributed by atoms with van der Waals surface area (Å²) in [5, 5.41) is 0.390. The Morgan fingerprint density at radius 1 is 1.50 bits per heavy atom. The molecule has 2 rings (SSSR count). The van der Waals surface area contributed by atoms with Crippen molar-refractivity contribution in [2.75, 3.05) is 19.0 Å². The average Bonchev–Trinajstić information content (AvgIpc) is 2.55. The van der Waals surface area contributed by atoms with E-state index in [2.05, 4.69) is 4.98 Å². The Balaban J connectivity index is 2.77. The summed E-state index contributed by atoms with van der Waals surface area (Å²) in [6.45, 7) is 0. The highest BCUT2D eigenvalue weighted by Gasteiger charge is 2.13. The minimum atomic E-state index is 0.269. The third kappa shape index (κ3) is 1.65. The summed E-state index contributed by atoms with van der Waals surface area (Å²) in [4.78, 5) is 16.8. The summed E-state index contributed by atoms with van der Waals surface area (Å²) in [6.07, 6.45) is 1.10. The molecule has 0 N–H and O–H groups in total. The van der Waals surface area contributed by atoms with E-state index in [0.717, 1.165) is 23.4 Å². The van der Waals surface area contributed by atoms with Crippen LogP contribution in [0.2, 0.25) is 5.15 Å². The van der Waals surface area contributed by atoms with Gasteiger partial charge < -0.3 is 9.69 Å². The van der Waals surface area contributed by atoms with Crippen molar-refractivity contribution in [2.24, 2.45) is 0 Å². The van der Waals surface area contributed by atoms with Gasteiger partial charge in [-0.3, -0.25) is 4.40 Å². The van der Waals surface area contributed by atoms with Gasteiger partial charge in [0, 0.05) is 20.5 Å². The van der Waals surface area contributed by atoms with E-state index in [1.54, 1.807) is 0 Å². The van der Waals surface area contributed by atoms with Crippen molar-refractivity contribution in [3.05, 3.63) is 29.0 Å². The predicted molar refractivity (Wildman–Crippen MR) is 64.3 cm³/mol. The number of aldehydes is 1. The second-order valence-corrected chi connectivity index (χ2v) is 4.05. The zero-order chi connectivity index (χ0) is 11.7. The molecule has 2 aromatic heterocycles. The smallest absolute Gasteiger partial charge is 0.151 e. The number of pyridine rings is 1. The van der Waals surface area contributed by atoms with Gasteiger partial charge >= 0.3 is 0 Å². The number of imidazole rings is 1. The highest BCUT2D eigenvalue weighted by molar-refractivity contribution is 6.30. The molecule has 16 heavy (non-hydrogen) atoms. The Labute approximate surface area is 98.5 Å². The number of fused-ring (bicyclic) bond motifs is 1. The van der Waals surface area contributed by atoms with Gasteiger partial charge in [0.2, 0.25) is 0 Å². The predicted octanol–water partition coefficient (Wildman–Crippen LogP) is 1.80. The Bertz CT molecular complexity index is 533. The van der Waals surface area contributed by atoms with Crippen LogP contribution in [0.15, 0.2) is 18.2 Å². The molecule has 0 radical (unpaired) electrons. The first-order chi connectivity index (χ1) is 7.65. The molecule has 5 heteroatoms. The van der Waals surface area contributed by atoms with Gasteiger partial charge in [-0.25, -0.2) is 4.98 Å². The van der Waals surface area contributed by atoms with E-state index in [-0.39, 0.29) is 6.42 Å². The Hall–Kier alpha value is -1.55. The molecule has 84 valence electrons. The molecule has 4 nitrogen and oxygen atoms in total. The second-order valence-electron chi connectivity index (χ2n) is 3.69. The van der Waals surface area contributed by atoms with Gasteiger partial charge in [-0.15, -0.1) is 0 Å². The maximum absolute atomic E-state index is 10.6. The Kier molecular flexibility index (Phi) is 2.83. The Morgan fingerprint density at radius 3 is 2.88 bits per heavy atom. The fourth-order valence-electron chi connectivity index (χ4n) is 1.71. The number of nitrogens with zero attached hydrogens (tertiary/aromatic N) is 3. The molecule has 0 aromatic carbocycles. The molecule has 0 amide bonds. The zero-order valence-corrected chi connectivity index (χ0v) is 9.90. The summed E-state index contributed by atoms with van der Waals surface area (Å²) in [5.41, 5.74) is 1.49. The van der Waals surface area contributed by atoms with Gasteiger partial charge in [0.25, 0.3) is 0 Å². The third-order valence-corrected chi connectivity index (χ3v) is 2.71. The van der Waals surface area contributed by atoms with E-state index in [0.29, 0.717) is 5.15 Å². The highest BCUT2D eigenvalue weighted by atomic mass is 35.5. The molecule has 0 atom stereocenters. The lowest BCUT2D eigenvalue weighted by Gasteiger charge is -2.15. The number of halogens is 1. The van der Waals surface area contributed by atoms with E-state index >= 15 is 0 Å². The molecule has 2 aromatic rings. The van der Waals surface area contributed by atoms with E-state index < -0.39 is 0 Å². The minimum absolute atomic E-state index is 0.269. The van der Waals surface area contributed by atoms with Crippen LogP contribution in [0.1, 0.15) is 5.69 Å². The van der Waals surface area contributed by atoms with Crippen LogP contribution in [-0.2, 0) is 11.2 Å². The molecule has 0 aliphatic carbocycles. The van der Waals surface area contributed by atoms with E-state index in [1.807, 2.05) is 41.6 Å². The topological polar surface area (TPSA) is 37.6 Å². The van der Waals surface area contributed by atoms with Gasteiger partial charge in [-0.2, -0.15) is 0 Å². The van der Waals surface area contributed by atoms with Crippen LogP contribution >= 0.6 is 11.6 Å². The van der Waals surface area contributed by atoms with Crippen LogP contribution in [-0.4, -0.2) is 29.8 Å². The molecule has 0 saturated heterocycles. The average molecular weight is 238 g/mol. The number of carbonyl (C=O) groups is 1. The van der Waals surface area contributed by atoms with Crippen molar-refractivity contribution in [3.63, 3.8) is 0 Å². The molecule has 2 heterocycles. The summed E-state index contributed by atoms with van der Waals surface area (Å²) in [7, 11) is 3.88. The van der Waals surface area contributed by atoms with E-state index in [1.165, 1.54) is 0 Å². The number of hydrogen-bond donors (Lipinski definition) is 0. The first-order valence-corrected chi connectivity index (χ1v) is 5.29. The molecule has 0 bridgehead atoms. The van der Waals surface area contributed by atoms with E-state index in [9.17, 15) is 4.79 Å².